The molecule has 0 atom stereocenters. The molecule has 1 aliphatic rings. The summed E-state index contributed by atoms with van der Waals surface area (Å²) in [6.07, 6.45) is 3.98. The van der Waals surface area contributed by atoms with Crippen molar-refractivity contribution in [2.24, 2.45) is 0 Å². The van der Waals surface area contributed by atoms with Crippen LogP contribution in [0.15, 0.2) is 30.3 Å². The zero-order valence-corrected chi connectivity index (χ0v) is 15.9. The van der Waals surface area contributed by atoms with E-state index < -0.39 is 5.97 Å². The Morgan fingerprint density at radius 2 is 2.08 bits per heavy atom. The first-order chi connectivity index (χ1) is 12.5. The Labute approximate surface area is 162 Å². The highest BCUT2D eigenvalue weighted by Crippen LogP contribution is 2.39. The number of pyridine rings is 1. The van der Waals surface area contributed by atoms with E-state index in [4.69, 9.17) is 28.6 Å². The van der Waals surface area contributed by atoms with Crippen molar-refractivity contribution in [3.63, 3.8) is 0 Å². The molecule has 0 unspecified atom stereocenters. The zero-order valence-electron chi connectivity index (χ0n) is 14.3. The number of fused-ring (bicyclic) bond motifs is 1. The number of carbonyl (C=O) groups excluding carboxylic acids is 1. The van der Waals surface area contributed by atoms with Crippen LogP contribution in [0.1, 0.15) is 53.4 Å². The highest BCUT2D eigenvalue weighted by atomic mass is 35.5. The van der Waals surface area contributed by atoms with Gasteiger partial charge in [-0.25, -0.2) is 9.78 Å². The van der Waals surface area contributed by atoms with Gasteiger partial charge in [-0.2, -0.15) is 0 Å². The Morgan fingerprint density at radius 3 is 2.77 bits per heavy atom. The van der Waals surface area contributed by atoms with Gasteiger partial charge in [0.2, 0.25) is 0 Å². The highest BCUT2D eigenvalue weighted by Gasteiger charge is 2.28. The van der Waals surface area contributed by atoms with Gasteiger partial charge >= 0.3 is 5.97 Å². The molecule has 26 heavy (non-hydrogen) atoms. The topological polar surface area (TPSA) is 59.4 Å². The van der Waals surface area contributed by atoms with E-state index in [1.807, 2.05) is 43.3 Å². The summed E-state index contributed by atoms with van der Waals surface area (Å²) in [7, 11) is 0. The minimum absolute atomic E-state index is 0.121. The maximum atomic E-state index is 12.2. The second-order valence-corrected chi connectivity index (χ2v) is 6.86. The van der Waals surface area contributed by atoms with Crippen molar-refractivity contribution >= 4 is 46.3 Å². The number of unbranched alkanes of at least 4 members (excludes halogenated alkanes) is 1. The smallest absolute Gasteiger partial charge is 0.360 e. The van der Waals surface area contributed by atoms with Gasteiger partial charge in [-0.3, -0.25) is 0 Å². The number of aromatic nitrogens is 1. The number of hydrogen-bond donors (Lipinski definition) is 1. The van der Waals surface area contributed by atoms with Crippen LogP contribution in [0.2, 0.25) is 5.15 Å². The number of halogens is 1. The average Bonchev–Trinajstić information content (AvgIpc) is 2.65. The minimum Gasteiger partial charge on any atom is -0.505 e. The summed E-state index contributed by atoms with van der Waals surface area (Å²) >= 11 is 11.8. The number of aromatic hydroxyl groups is 1. The lowest BCUT2D eigenvalue weighted by atomic mass is 9.88. The monoisotopic (exact) mass is 387 g/mol. The second-order valence-electron chi connectivity index (χ2n) is 6.01. The summed E-state index contributed by atoms with van der Waals surface area (Å²) in [5.41, 5.74) is 2.75. The molecule has 0 amide bonds. The van der Waals surface area contributed by atoms with Crippen LogP contribution >= 0.6 is 23.8 Å². The van der Waals surface area contributed by atoms with Crippen LogP contribution in [0.4, 0.5) is 0 Å². The van der Waals surface area contributed by atoms with Crippen LogP contribution in [0.25, 0.3) is 11.6 Å². The average molecular weight is 388 g/mol. The maximum absolute atomic E-state index is 12.2. The molecule has 0 saturated heterocycles. The van der Waals surface area contributed by atoms with E-state index in [0.717, 1.165) is 24.0 Å². The molecule has 1 aromatic heterocycles. The van der Waals surface area contributed by atoms with Gasteiger partial charge < -0.3 is 9.84 Å². The van der Waals surface area contributed by atoms with Gasteiger partial charge in [0.1, 0.15) is 5.15 Å². The predicted octanol–water partition coefficient (Wildman–Crippen LogP) is 5.06. The maximum Gasteiger partial charge on any atom is 0.360 e. The van der Waals surface area contributed by atoms with Gasteiger partial charge in [-0.05, 0) is 23.6 Å². The predicted molar refractivity (Wildman–Crippen MR) is 107 cm³/mol. The number of esters is 1. The standard InChI is InChI=1S/C20H18ClNO3S/c1-2-3-9-25-20(24)17-18(23)16-14(19(21)22-17)10-13(11-15(16)26)12-7-5-4-6-8-12/h4-8,10,23H,2-3,9,11H2,1H3. The zero-order chi connectivity index (χ0) is 18.7. The molecule has 0 bridgehead atoms. The van der Waals surface area contributed by atoms with Gasteiger partial charge in [0.25, 0.3) is 0 Å². The van der Waals surface area contributed by atoms with Crippen LogP contribution in [-0.4, -0.2) is 27.5 Å². The second kappa shape index (κ2) is 7.98. The van der Waals surface area contributed by atoms with E-state index in [0.29, 0.717) is 22.4 Å². The molecule has 0 saturated carbocycles. The summed E-state index contributed by atoms with van der Waals surface area (Å²) in [5.74, 6) is -0.958. The molecular weight excluding hydrogens is 370 g/mol. The van der Waals surface area contributed by atoms with Crippen molar-refractivity contribution in [1.82, 2.24) is 4.98 Å². The first-order valence-electron chi connectivity index (χ1n) is 8.41. The molecular formula is C20H18ClNO3S. The Hall–Kier alpha value is -2.24. The largest absolute Gasteiger partial charge is 0.505 e. The van der Waals surface area contributed by atoms with E-state index in [1.165, 1.54) is 0 Å². The Bertz CT molecular complexity index is 894. The summed E-state index contributed by atoms with van der Waals surface area (Å²) in [4.78, 5) is 16.8. The number of carbonyl (C=O) groups is 1. The lowest BCUT2D eigenvalue weighted by Crippen LogP contribution is -2.15. The third kappa shape index (κ3) is 3.64. The van der Waals surface area contributed by atoms with Crippen LogP contribution < -0.4 is 0 Å². The van der Waals surface area contributed by atoms with Gasteiger partial charge in [0, 0.05) is 22.4 Å². The van der Waals surface area contributed by atoms with Gasteiger partial charge in [-0.15, -0.1) is 0 Å². The van der Waals surface area contributed by atoms with E-state index in [-0.39, 0.29) is 23.2 Å². The Morgan fingerprint density at radius 1 is 1.35 bits per heavy atom. The molecule has 1 aliphatic carbocycles. The van der Waals surface area contributed by atoms with E-state index in [1.54, 1.807) is 0 Å². The van der Waals surface area contributed by atoms with Gasteiger partial charge in [-0.1, -0.05) is 67.5 Å². The quantitative estimate of drug-likeness (QED) is 0.336. The van der Waals surface area contributed by atoms with Crippen LogP contribution in [0, 0.1) is 0 Å². The Balaban J connectivity index is 2.02. The molecule has 0 radical (unpaired) electrons. The van der Waals surface area contributed by atoms with Gasteiger partial charge in [0.15, 0.2) is 11.4 Å². The first kappa shape index (κ1) is 18.5. The highest BCUT2D eigenvalue weighted by molar-refractivity contribution is 7.81. The number of ether oxygens (including phenoxy) is 1. The summed E-state index contributed by atoms with van der Waals surface area (Å²) in [6.45, 7) is 2.27. The van der Waals surface area contributed by atoms with Crippen molar-refractivity contribution in [2.75, 3.05) is 6.61 Å². The van der Waals surface area contributed by atoms with Crippen LogP contribution in [-0.2, 0) is 4.74 Å². The molecule has 0 spiro atoms. The van der Waals surface area contributed by atoms with Crippen molar-refractivity contribution in [1.29, 1.82) is 0 Å². The fourth-order valence-corrected chi connectivity index (χ4v) is 3.41. The summed E-state index contributed by atoms with van der Waals surface area (Å²) in [6, 6.07) is 9.80. The van der Waals surface area contributed by atoms with Crippen molar-refractivity contribution in [3.8, 4) is 5.75 Å². The molecule has 134 valence electrons. The number of rotatable bonds is 5. The molecule has 2 aromatic rings. The minimum atomic E-state index is -0.693. The third-order valence-corrected chi connectivity index (χ3v) is 4.82. The number of benzene rings is 1. The molecule has 3 rings (SSSR count). The van der Waals surface area contributed by atoms with Crippen molar-refractivity contribution in [3.05, 3.63) is 57.9 Å². The number of nitrogens with zero attached hydrogens (tertiary/aromatic N) is 1. The van der Waals surface area contributed by atoms with E-state index >= 15 is 0 Å². The molecule has 6 heteroatoms. The lowest BCUT2D eigenvalue weighted by Gasteiger charge is -2.21. The van der Waals surface area contributed by atoms with Crippen molar-refractivity contribution < 1.29 is 14.6 Å². The summed E-state index contributed by atoms with van der Waals surface area (Å²) < 4.78 is 5.14. The van der Waals surface area contributed by atoms with Crippen LogP contribution in [0.5, 0.6) is 5.75 Å². The van der Waals surface area contributed by atoms with Gasteiger partial charge in [0.05, 0.1) is 6.61 Å². The SMILES string of the molecule is CCCCOC(=O)c1nc(Cl)c2c(c1O)C(=S)CC(c1ccccc1)=C2. The van der Waals surface area contributed by atoms with E-state index in [2.05, 4.69) is 4.98 Å². The lowest BCUT2D eigenvalue weighted by molar-refractivity contribution is 0.0489. The number of thiocarbonyl (C=S) groups is 1. The molecule has 4 nitrogen and oxygen atoms in total. The fraction of sp³-hybridized carbons (Fsp3) is 0.250. The Kier molecular flexibility index (Phi) is 5.69. The van der Waals surface area contributed by atoms with Crippen LogP contribution in [0.3, 0.4) is 0 Å². The summed E-state index contributed by atoms with van der Waals surface area (Å²) in [5, 5.41) is 10.7. The van der Waals surface area contributed by atoms with E-state index in [9.17, 15) is 9.90 Å². The molecule has 1 heterocycles. The number of hydrogen-bond acceptors (Lipinski definition) is 5. The number of allylic oxidation sites excluding steroid dienone is 1. The normalized spacial score (nSPS) is 13.2. The molecule has 1 aromatic carbocycles. The molecule has 0 aliphatic heterocycles. The fourth-order valence-electron chi connectivity index (χ4n) is 2.82. The first-order valence-corrected chi connectivity index (χ1v) is 9.20. The third-order valence-electron chi connectivity index (χ3n) is 4.18. The molecule has 0 fully saturated rings. The molecule has 1 N–H and O–H groups in total. The van der Waals surface area contributed by atoms with Crippen molar-refractivity contribution in [2.45, 2.75) is 26.2 Å².